The van der Waals surface area contributed by atoms with Crippen LogP contribution in [0.15, 0.2) is 35.1 Å². The van der Waals surface area contributed by atoms with Crippen molar-refractivity contribution in [2.75, 3.05) is 0 Å². The largest absolute Gasteiger partial charge is 0.472 e. The number of pyridine rings is 1. The quantitative estimate of drug-likeness (QED) is 0.624. The van der Waals surface area contributed by atoms with Crippen molar-refractivity contribution >= 4 is 0 Å². The van der Waals surface area contributed by atoms with Crippen LogP contribution in [0.4, 0.5) is 0 Å². The topological polar surface area (TPSA) is 64.1 Å². The van der Waals surface area contributed by atoms with Gasteiger partial charge in [0.1, 0.15) is 0 Å². The van der Waals surface area contributed by atoms with Gasteiger partial charge in [0.2, 0.25) is 0 Å². The van der Waals surface area contributed by atoms with Crippen molar-refractivity contribution in [1.82, 2.24) is 10.4 Å². The van der Waals surface area contributed by atoms with Crippen LogP contribution in [0.1, 0.15) is 28.6 Å². The van der Waals surface area contributed by atoms with Gasteiger partial charge >= 0.3 is 0 Å². The summed E-state index contributed by atoms with van der Waals surface area (Å²) in [6, 6.07) is 6.13. The highest BCUT2D eigenvalue weighted by Crippen LogP contribution is 2.19. The molecule has 17 heavy (non-hydrogen) atoms. The van der Waals surface area contributed by atoms with Crippen molar-refractivity contribution in [3.63, 3.8) is 0 Å². The second kappa shape index (κ2) is 5.12. The summed E-state index contributed by atoms with van der Waals surface area (Å²) in [5, 5.41) is 0. The average Bonchev–Trinajstić information content (AvgIpc) is 2.77. The Hall–Kier alpha value is -1.65. The molecule has 4 heteroatoms. The molecule has 2 aromatic rings. The van der Waals surface area contributed by atoms with Crippen molar-refractivity contribution < 1.29 is 4.42 Å². The first-order chi connectivity index (χ1) is 8.19. The van der Waals surface area contributed by atoms with Gasteiger partial charge in [0.15, 0.2) is 0 Å². The van der Waals surface area contributed by atoms with E-state index in [9.17, 15) is 0 Å². The van der Waals surface area contributed by atoms with Crippen molar-refractivity contribution in [1.29, 1.82) is 0 Å². The van der Waals surface area contributed by atoms with E-state index in [1.165, 1.54) is 0 Å². The third kappa shape index (κ3) is 2.93. The Bertz CT molecular complexity index is 459. The molecule has 3 N–H and O–H groups in total. The van der Waals surface area contributed by atoms with E-state index in [2.05, 4.69) is 22.5 Å². The summed E-state index contributed by atoms with van der Waals surface area (Å²) in [6.07, 6.45) is 4.22. The zero-order valence-electron chi connectivity index (χ0n) is 10.1. The number of aryl methyl sites for hydroxylation is 2. The lowest BCUT2D eigenvalue weighted by Crippen LogP contribution is -2.29. The number of furan rings is 1. The molecule has 0 aliphatic rings. The fourth-order valence-corrected chi connectivity index (χ4v) is 1.99. The zero-order chi connectivity index (χ0) is 12.3. The van der Waals surface area contributed by atoms with Gasteiger partial charge in [0.05, 0.1) is 18.6 Å². The predicted octanol–water partition coefficient (Wildman–Crippen LogP) is 2.04. The van der Waals surface area contributed by atoms with E-state index in [4.69, 9.17) is 10.3 Å². The minimum absolute atomic E-state index is 0.0769. The number of hydrogen-bond acceptors (Lipinski definition) is 4. The summed E-state index contributed by atoms with van der Waals surface area (Å²) < 4.78 is 5.06. The molecule has 0 saturated heterocycles. The van der Waals surface area contributed by atoms with Crippen LogP contribution < -0.4 is 11.3 Å². The number of hydrazine groups is 1. The fraction of sp³-hybridized carbons (Fsp3) is 0.308. The lowest BCUT2D eigenvalue weighted by atomic mass is 10.0. The van der Waals surface area contributed by atoms with E-state index >= 15 is 0 Å². The first-order valence-electron chi connectivity index (χ1n) is 5.61. The number of nitrogens with zero attached hydrogens (tertiary/aromatic N) is 1. The fourth-order valence-electron chi connectivity index (χ4n) is 1.99. The molecule has 0 fully saturated rings. The van der Waals surface area contributed by atoms with Crippen LogP contribution in [0.3, 0.4) is 0 Å². The van der Waals surface area contributed by atoms with Gasteiger partial charge in [-0.25, -0.2) is 0 Å². The van der Waals surface area contributed by atoms with E-state index in [1.807, 2.05) is 19.9 Å². The molecule has 1 unspecified atom stereocenters. The van der Waals surface area contributed by atoms with Gasteiger partial charge in [-0.05, 0) is 49.6 Å². The highest BCUT2D eigenvalue weighted by molar-refractivity contribution is 5.25. The summed E-state index contributed by atoms with van der Waals surface area (Å²) in [5.41, 5.74) is 7.13. The van der Waals surface area contributed by atoms with Gasteiger partial charge in [0, 0.05) is 11.4 Å². The highest BCUT2D eigenvalue weighted by Gasteiger charge is 2.12. The van der Waals surface area contributed by atoms with Crippen LogP contribution in [0.5, 0.6) is 0 Å². The molecule has 0 amide bonds. The van der Waals surface area contributed by atoms with E-state index in [0.29, 0.717) is 0 Å². The van der Waals surface area contributed by atoms with Gasteiger partial charge < -0.3 is 4.42 Å². The Labute approximate surface area is 101 Å². The van der Waals surface area contributed by atoms with E-state index in [-0.39, 0.29) is 6.04 Å². The van der Waals surface area contributed by atoms with Gasteiger partial charge in [-0.3, -0.25) is 16.3 Å². The maximum Gasteiger partial charge on any atom is 0.0935 e. The Morgan fingerprint density at radius 2 is 2.06 bits per heavy atom. The summed E-state index contributed by atoms with van der Waals surface area (Å²) in [4.78, 5) is 4.36. The van der Waals surface area contributed by atoms with Crippen LogP contribution in [0.2, 0.25) is 0 Å². The Balaban J connectivity index is 2.22. The molecule has 0 saturated carbocycles. The average molecular weight is 231 g/mol. The number of nitrogens with two attached hydrogens (primary N) is 1. The SMILES string of the molecule is Cc1cc(C(Cc2ccoc2)NN)cc(C)n1. The maximum absolute atomic E-state index is 5.62. The monoisotopic (exact) mass is 231 g/mol. The molecule has 0 radical (unpaired) electrons. The highest BCUT2D eigenvalue weighted by atomic mass is 16.3. The molecule has 2 aromatic heterocycles. The third-order valence-corrected chi connectivity index (χ3v) is 2.73. The molecular weight excluding hydrogens is 214 g/mol. The molecule has 2 heterocycles. The Kier molecular flexibility index (Phi) is 3.56. The predicted molar refractivity (Wildman–Crippen MR) is 66.2 cm³/mol. The molecule has 1 atom stereocenters. The minimum atomic E-state index is 0.0769. The lowest BCUT2D eigenvalue weighted by Gasteiger charge is -2.16. The molecule has 2 rings (SSSR count). The van der Waals surface area contributed by atoms with Crippen molar-refractivity contribution in [2.45, 2.75) is 26.3 Å². The van der Waals surface area contributed by atoms with E-state index in [1.54, 1.807) is 12.5 Å². The number of aromatic nitrogens is 1. The van der Waals surface area contributed by atoms with Gasteiger partial charge in [-0.2, -0.15) is 0 Å². The lowest BCUT2D eigenvalue weighted by molar-refractivity contribution is 0.535. The molecule has 4 nitrogen and oxygen atoms in total. The third-order valence-electron chi connectivity index (χ3n) is 2.73. The number of hydrogen-bond donors (Lipinski definition) is 2. The molecule has 0 aromatic carbocycles. The van der Waals surface area contributed by atoms with Crippen LogP contribution in [-0.2, 0) is 6.42 Å². The van der Waals surface area contributed by atoms with Crippen molar-refractivity contribution in [3.8, 4) is 0 Å². The van der Waals surface area contributed by atoms with Crippen molar-refractivity contribution in [2.24, 2.45) is 5.84 Å². The maximum atomic E-state index is 5.62. The number of rotatable bonds is 4. The van der Waals surface area contributed by atoms with Crippen LogP contribution in [0, 0.1) is 13.8 Å². The van der Waals surface area contributed by atoms with E-state index in [0.717, 1.165) is 28.9 Å². The molecule has 0 bridgehead atoms. The summed E-state index contributed by atoms with van der Waals surface area (Å²) in [7, 11) is 0. The second-order valence-corrected chi connectivity index (χ2v) is 4.24. The summed E-state index contributed by atoms with van der Waals surface area (Å²) in [6.45, 7) is 3.98. The second-order valence-electron chi connectivity index (χ2n) is 4.24. The Morgan fingerprint density at radius 1 is 1.35 bits per heavy atom. The van der Waals surface area contributed by atoms with Gasteiger partial charge in [-0.1, -0.05) is 0 Å². The molecule has 0 aliphatic heterocycles. The van der Waals surface area contributed by atoms with Crippen LogP contribution in [-0.4, -0.2) is 4.98 Å². The smallest absolute Gasteiger partial charge is 0.0935 e. The first kappa shape index (κ1) is 11.8. The Morgan fingerprint density at radius 3 is 2.59 bits per heavy atom. The molecular formula is C13H17N3O. The summed E-state index contributed by atoms with van der Waals surface area (Å²) in [5.74, 6) is 5.62. The summed E-state index contributed by atoms with van der Waals surface area (Å²) >= 11 is 0. The normalized spacial score (nSPS) is 12.6. The molecule has 0 aliphatic carbocycles. The van der Waals surface area contributed by atoms with Gasteiger partial charge in [-0.15, -0.1) is 0 Å². The minimum Gasteiger partial charge on any atom is -0.472 e. The first-order valence-corrected chi connectivity index (χ1v) is 5.61. The standard InChI is InChI=1S/C13H17N3O/c1-9-5-12(6-10(2)15-9)13(16-14)7-11-3-4-17-8-11/h3-6,8,13,16H,7,14H2,1-2H3. The molecule has 90 valence electrons. The van der Waals surface area contributed by atoms with Crippen molar-refractivity contribution in [3.05, 3.63) is 53.2 Å². The van der Waals surface area contributed by atoms with Crippen LogP contribution in [0.25, 0.3) is 0 Å². The zero-order valence-corrected chi connectivity index (χ0v) is 10.1. The molecule has 0 spiro atoms. The van der Waals surface area contributed by atoms with Crippen LogP contribution >= 0.6 is 0 Å². The van der Waals surface area contributed by atoms with E-state index < -0.39 is 0 Å². The van der Waals surface area contributed by atoms with Gasteiger partial charge in [0.25, 0.3) is 0 Å². The number of nitrogens with one attached hydrogen (secondary N) is 1.